The van der Waals surface area contributed by atoms with E-state index in [0.717, 1.165) is 18.7 Å². The van der Waals surface area contributed by atoms with Crippen molar-refractivity contribution in [3.8, 4) is 11.5 Å². The highest BCUT2D eigenvalue weighted by Gasteiger charge is 2.24. The number of rotatable bonds is 6. The zero-order valence-corrected chi connectivity index (χ0v) is 13.9. The number of ether oxygens (including phenoxy) is 3. The van der Waals surface area contributed by atoms with Crippen molar-refractivity contribution in [1.29, 1.82) is 0 Å². The quantitative estimate of drug-likeness (QED) is 0.817. The normalized spacial score (nSPS) is 16.5. The van der Waals surface area contributed by atoms with Crippen molar-refractivity contribution in [2.24, 2.45) is 0 Å². The number of benzene rings is 1. The first-order valence-corrected chi connectivity index (χ1v) is 7.69. The zero-order chi connectivity index (χ0) is 16.7. The lowest BCUT2D eigenvalue weighted by molar-refractivity contribution is 0.0166. The van der Waals surface area contributed by atoms with Crippen LogP contribution in [0.1, 0.15) is 11.6 Å². The van der Waals surface area contributed by atoms with E-state index in [0.29, 0.717) is 31.3 Å². The summed E-state index contributed by atoms with van der Waals surface area (Å²) in [5.74, 6) is 1.37. The molecular weight excluding hydrogens is 298 g/mol. The zero-order valence-electron chi connectivity index (χ0n) is 13.9. The fourth-order valence-electron chi connectivity index (χ4n) is 2.68. The smallest absolute Gasteiger partial charge is 0.314 e. The lowest BCUT2D eigenvalue weighted by atomic mass is 10.0. The van der Waals surface area contributed by atoms with Crippen LogP contribution in [-0.2, 0) is 4.74 Å². The van der Waals surface area contributed by atoms with E-state index in [1.54, 1.807) is 21.3 Å². The molecule has 2 rings (SSSR count). The van der Waals surface area contributed by atoms with E-state index in [1.807, 2.05) is 18.2 Å². The highest BCUT2D eigenvalue weighted by Crippen LogP contribution is 2.32. The van der Waals surface area contributed by atoms with Crippen LogP contribution in [-0.4, -0.2) is 65.0 Å². The summed E-state index contributed by atoms with van der Waals surface area (Å²) in [5.41, 5.74) is 1.07. The molecule has 1 atom stereocenters. The van der Waals surface area contributed by atoms with Gasteiger partial charge in [0.15, 0.2) is 11.5 Å². The number of methoxy groups -OCH3 is 2. The molecule has 2 amide bonds. The Morgan fingerprint density at radius 1 is 1.26 bits per heavy atom. The van der Waals surface area contributed by atoms with Gasteiger partial charge in [0.2, 0.25) is 0 Å². The Kier molecular flexibility index (Phi) is 6.49. The predicted molar refractivity (Wildman–Crippen MR) is 87.1 cm³/mol. The van der Waals surface area contributed by atoms with Crippen LogP contribution in [0.5, 0.6) is 11.5 Å². The molecule has 1 heterocycles. The molecule has 0 bridgehead atoms. The number of nitrogens with zero attached hydrogens (tertiary/aromatic N) is 1. The van der Waals surface area contributed by atoms with Crippen molar-refractivity contribution in [3.05, 3.63) is 23.8 Å². The Hall–Kier alpha value is -1.99. The van der Waals surface area contributed by atoms with Gasteiger partial charge in [-0.2, -0.15) is 0 Å². The summed E-state index contributed by atoms with van der Waals surface area (Å²) in [6.45, 7) is 3.56. The third-order valence-electron chi connectivity index (χ3n) is 3.96. The molecule has 1 aliphatic rings. The Labute approximate surface area is 136 Å². The molecule has 1 saturated heterocycles. The number of carbonyl (C=O) groups excluding carboxylic acids is 1. The molecule has 23 heavy (non-hydrogen) atoms. The van der Waals surface area contributed by atoms with E-state index in [4.69, 9.17) is 14.2 Å². The molecule has 0 spiro atoms. The largest absolute Gasteiger partial charge is 0.493 e. The average molecular weight is 323 g/mol. The van der Waals surface area contributed by atoms with Crippen molar-refractivity contribution in [2.75, 3.05) is 54.1 Å². The Balaban J connectivity index is 2.22. The van der Waals surface area contributed by atoms with Crippen molar-refractivity contribution in [3.63, 3.8) is 0 Å². The van der Waals surface area contributed by atoms with E-state index in [-0.39, 0.29) is 12.1 Å². The van der Waals surface area contributed by atoms with Gasteiger partial charge < -0.3 is 24.8 Å². The molecule has 0 unspecified atom stereocenters. The topological polar surface area (TPSA) is 72.1 Å². The van der Waals surface area contributed by atoms with Crippen LogP contribution in [0, 0.1) is 0 Å². The van der Waals surface area contributed by atoms with E-state index in [2.05, 4.69) is 15.5 Å². The molecule has 0 saturated carbocycles. The number of carbonyl (C=O) groups is 1. The third kappa shape index (κ3) is 4.49. The molecule has 128 valence electrons. The van der Waals surface area contributed by atoms with Gasteiger partial charge in [-0.25, -0.2) is 4.79 Å². The summed E-state index contributed by atoms with van der Waals surface area (Å²) < 4.78 is 16.1. The van der Waals surface area contributed by atoms with E-state index >= 15 is 0 Å². The Morgan fingerprint density at radius 2 is 1.96 bits per heavy atom. The number of hydrogen-bond acceptors (Lipinski definition) is 5. The second kappa shape index (κ2) is 8.59. The summed E-state index contributed by atoms with van der Waals surface area (Å²) >= 11 is 0. The van der Waals surface area contributed by atoms with Crippen LogP contribution >= 0.6 is 0 Å². The van der Waals surface area contributed by atoms with E-state index in [1.165, 1.54) is 0 Å². The fourth-order valence-corrected chi connectivity index (χ4v) is 2.68. The summed E-state index contributed by atoms with van der Waals surface area (Å²) in [5, 5.41) is 5.47. The SMILES string of the molecule is CNC(=O)NC[C@H](c1ccc(OC)c(OC)c1)N1CCOCC1. The maximum Gasteiger partial charge on any atom is 0.314 e. The van der Waals surface area contributed by atoms with Crippen molar-refractivity contribution >= 4 is 6.03 Å². The summed E-state index contributed by atoms with van der Waals surface area (Å²) in [6, 6.07) is 5.72. The number of morpholine rings is 1. The maximum atomic E-state index is 11.5. The monoisotopic (exact) mass is 323 g/mol. The van der Waals surface area contributed by atoms with Crippen LogP contribution in [0.25, 0.3) is 0 Å². The first-order chi connectivity index (χ1) is 11.2. The van der Waals surface area contributed by atoms with Gasteiger partial charge in [-0.15, -0.1) is 0 Å². The number of urea groups is 1. The maximum absolute atomic E-state index is 11.5. The van der Waals surface area contributed by atoms with Gasteiger partial charge in [0.1, 0.15) is 0 Å². The predicted octanol–water partition coefficient (Wildman–Crippen LogP) is 1.01. The minimum absolute atomic E-state index is 0.0519. The molecule has 1 aliphatic heterocycles. The van der Waals surface area contributed by atoms with Crippen LogP contribution < -0.4 is 20.1 Å². The van der Waals surface area contributed by atoms with Crippen molar-refractivity contribution < 1.29 is 19.0 Å². The van der Waals surface area contributed by atoms with Crippen molar-refractivity contribution in [2.45, 2.75) is 6.04 Å². The molecule has 1 aromatic rings. The van der Waals surface area contributed by atoms with Crippen LogP contribution in [0.15, 0.2) is 18.2 Å². The molecule has 1 aromatic carbocycles. The third-order valence-corrected chi connectivity index (χ3v) is 3.96. The summed E-state index contributed by atoms with van der Waals surface area (Å²) in [7, 11) is 4.84. The average Bonchev–Trinajstić information content (AvgIpc) is 2.62. The minimum atomic E-state index is -0.191. The van der Waals surface area contributed by atoms with Gasteiger partial charge in [0.05, 0.1) is 33.5 Å². The molecule has 0 aromatic heterocycles. The molecular formula is C16H25N3O4. The number of nitrogens with one attached hydrogen (secondary N) is 2. The first kappa shape index (κ1) is 17.4. The Morgan fingerprint density at radius 3 is 2.57 bits per heavy atom. The summed E-state index contributed by atoms with van der Waals surface area (Å²) in [6.07, 6.45) is 0. The highest BCUT2D eigenvalue weighted by molar-refractivity contribution is 5.73. The van der Waals surface area contributed by atoms with Gasteiger partial charge in [0.25, 0.3) is 0 Å². The molecule has 7 nitrogen and oxygen atoms in total. The molecule has 7 heteroatoms. The van der Waals surface area contributed by atoms with Gasteiger partial charge in [-0.05, 0) is 17.7 Å². The van der Waals surface area contributed by atoms with Crippen LogP contribution in [0.2, 0.25) is 0 Å². The summed E-state index contributed by atoms with van der Waals surface area (Å²) in [4.78, 5) is 13.9. The number of hydrogen-bond donors (Lipinski definition) is 2. The Bertz CT molecular complexity index is 518. The first-order valence-electron chi connectivity index (χ1n) is 7.69. The fraction of sp³-hybridized carbons (Fsp3) is 0.562. The minimum Gasteiger partial charge on any atom is -0.493 e. The van der Waals surface area contributed by atoms with Gasteiger partial charge in [0, 0.05) is 26.7 Å². The van der Waals surface area contributed by atoms with E-state index in [9.17, 15) is 4.79 Å². The van der Waals surface area contributed by atoms with Gasteiger partial charge in [-0.3, -0.25) is 4.90 Å². The van der Waals surface area contributed by atoms with Crippen molar-refractivity contribution in [1.82, 2.24) is 15.5 Å². The van der Waals surface area contributed by atoms with Gasteiger partial charge in [-0.1, -0.05) is 6.07 Å². The lowest BCUT2D eigenvalue weighted by Gasteiger charge is -2.35. The standard InChI is InChI=1S/C16H25N3O4/c1-17-16(20)18-11-13(19-6-8-23-9-7-19)12-4-5-14(21-2)15(10-12)22-3/h4-5,10,13H,6-9,11H2,1-3H3,(H2,17,18,20)/t13-/m1/s1. The lowest BCUT2D eigenvalue weighted by Crippen LogP contribution is -2.45. The molecule has 0 radical (unpaired) electrons. The van der Waals surface area contributed by atoms with Crippen LogP contribution in [0.4, 0.5) is 4.79 Å². The van der Waals surface area contributed by atoms with Gasteiger partial charge >= 0.3 is 6.03 Å². The number of amides is 2. The van der Waals surface area contributed by atoms with E-state index < -0.39 is 0 Å². The molecule has 2 N–H and O–H groups in total. The second-order valence-electron chi connectivity index (χ2n) is 5.24. The second-order valence-corrected chi connectivity index (χ2v) is 5.24. The molecule has 1 fully saturated rings. The highest BCUT2D eigenvalue weighted by atomic mass is 16.5. The molecule has 0 aliphatic carbocycles. The van der Waals surface area contributed by atoms with Crippen LogP contribution in [0.3, 0.4) is 0 Å².